The number of hydrogen-bond donors (Lipinski definition) is 2. The van der Waals surface area contributed by atoms with Crippen LogP contribution in [0.3, 0.4) is 0 Å². The molecule has 1 aromatic heterocycles. The van der Waals surface area contributed by atoms with Gasteiger partial charge in [0.15, 0.2) is 0 Å². The largest absolute Gasteiger partial charge is 0.494 e. The number of sulfonamides is 1. The van der Waals surface area contributed by atoms with Crippen LogP contribution in [0.2, 0.25) is 0 Å². The van der Waals surface area contributed by atoms with Gasteiger partial charge in [-0.3, -0.25) is 4.79 Å². The van der Waals surface area contributed by atoms with E-state index in [0.717, 1.165) is 16.9 Å². The number of carbonyl (C=O) groups excluding carboxylic acids is 1. The molecule has 0 atom stereocenters. The number of rotatable bonds is 7. The van der Waals surface area contributed by atoms with E-state index in [1.54, 1.807) is 45.0 Å². The summed E-state index contributed by atoms with van der Waals surface area (Å²) in [4.78, 5) is 11.9. The van der Waals surface area contributed by atoms with Gasteiger partial charge in [0.25, 0.3) is 10.0 Å². The molecule has 2 rings (SSSR count). The molecule has 8 nitrogen and oxygen atoms in total. The van der Waals surface area contributed by atoms with Crippen LogP contribution in [0.25, 0.3) is 0 Å². The molecule has 0 saturated carbocycles. The lowest BCUT2D eigenvalue weighted by atomic mass is 9.96. The average molecular weight is 399 g/mol. The summed E-state index contributed by atoms with van der Waals surface area (Å²) >= 11 is 0.801. The normalized spacial score (nSPS) is 12.0. The summed E-state index contributed by atoms with van der Waals surface area (Å²) < 4.78 is 32.4. The van der Waals surface area contributed by atoms with Gasteiger partial charge in [-0.15, -0.1) is 10.2 Å². The van der Waals surface area contributed by atoms with Gasteiger partial charge < -0.3 is 10.1 Å². The van der Waals surface area contributed by atoms with E-state index in [-0.39, 0.29) is 21.9 Å². The number of ether oxygens (including phenoxy) is 1. The molecule has 10 heteroatoms. The van der Waals surface area contributed by atoms with Crippen LogP contribution in [-0.4, -0.2) is 31.1 Å². The van der Waals surface area contributed by atoms with Crippen molar-refractivity contribution in [2.24, 2.45) is 5.41 Å². The molecule has 0 radical (unpaired) electrons. The fourth-order valence-corrected chi connectivity index (χ4v) is 3.76. The minimum absolute atomic E-state index is 0.0898. The Morgan fingerprint density at radius 3 is 2.65 bits per heavy atom. The van der Waals surface area contributed by atoms with Crippen LogP contribution in [0.15, 0.2) is 28.6 Å². The first-order valence-corrected chi connectivity index (χ1v) is 10.3. The van der Waals surface area contributed by atoms with Gasteiger partial charge in [0, 0.05) is 12.0 Å². The fraction of sp³-hybridized carbons (Fsp3) is 0.438. The summed E-state index contributed by atoms with van der Waals surface area (Å²) in [6, 6.07) is 7.15. The third kappa shape index (κ3) is 5.48. The summed E-state index contributed by atoms with van der Waals surface area (Å²) in [6.45, 7) is 7.74. The highest BCUT2D eigenvalue weighted by molar-refractivity contribution is 7.91. The van der Waals surface area contributed by atoms with Crippen LogP contribution < -0.4 is 14.8 Å². The number of aromatic nitrogens is 2. The quantitative estimate of drug-likeness (QED) is 0.693. The predicted molar refractivity (Wildman–Crippen MR) is 99.6 cm³/mol. The Kier molecular flexibility index (Phi) is 6.32. The molecule has 0 aliphatic rings. The molecule has 0 unspecified atom stereocenters. The predicted octanol–water partition coefficient (Wildman–Crippen LogP) is 2.40. The number of carbonyl (C=O) groups is 1. The topological polar surface area (TPSA) is 110 Å². The highest BCUT2D eigenvalue weighted by atomic mass is 32.2. The van der Waals surface area contributed by atoms with E-state index in [2.05, 4.69) is 20.2 Å². The first-order valence-electron chi connectivity index (χ1n) is 7.98. The van der Waals surface area contributed by atoms with Gasteiger partial charge in [-0.25, -0.2) is 13.1 Å². The molecule has 0 aliphatic carbocycles. The zero-order valence-corrected chi connectivity index (χ0v) is 16.7. The van der Waals surface area contributed by atoms with Crippen molar-refractivity contribution >= 4 is 32.4 Å². The monoisotopic (exact) mass is 398 g/mol. The van der Waals surface area contributed by atoms with E-state index in [4.69, 9.17) is 4.74 Å². The highest BCUT2D eigenvalue weighted by Gasteiger charge is 2.25. The molecule has 2 aromatic rings. The first kappa shape index (κ1) is 20.3. The molecule has 2 N–H and O–H groups in total. The van der Waals surface area contributed by atoms with Crippen molar-refractivity contribution < 1.29 is 17.9 Å². The second kappa shape index (κ2) is 8.11. The number of anilines is 1. The van der Waals surface area contributed by atoms with E-state index in [1.807, 2.05) is 6.92 Å². The van der Waals surface area contributed by atoms with Crippen molar-refractivity contribution in [1.82, 2.24) is 14.9 Å². The lowest BCUT2D eigenvalue weighted by Gasteiger charge is -2.15. The maximum Gasteiger partial charge on any atom is 0.270 e. The van der Waals surface area contributed by atoms with Crippen molar-refractivity contribution in [2.75, 3.05) is 11.9 Å². The van der Waals surface area contributed by atoms with Crippen molar-refractivity contribution in [3.8, 4) is 5.75 Å². The molecule has 0 spiro atoms. The Bertz CT molecular complexity index is 872. The van der Waals surface area contributed by atoms with Gasteiger partial charge in [0.2, 0.25) is 15.4 Å². The van der Waals surface area contributed by atoms with Gasteiger partial charge in [0.05, 0.1) is 6.61 Å². The molecule has 0 aliphatic heterocycles. The fourth-order valence-electron chi connectivity index (χ4n) is 1.81. The molecule has 1 aromatic carbocycles. The summed E-state index contributed by atoms with van der Waals surface area (Å²) in [7, 11) is -3.83. The molecule has 0 bridgehead atoms. The number of nitrogens with one attached hydrogen (secondary N) is 2. The molecule has 1 heterocycles. The summed E-state index contributed by atoms with van der Waals surface area (Å²) in [6.07, 6.45) is 0. The maximum atomic E-state index is 12.4. The van der Waals surface area contributed by atoms with E-state index >= 15 is 0 Å². The van der Waals surface area contributed by atoms with Gasteiger partial charge in [-0.2, -0.15) is 0 Å². The Morgan fingerprint density at radius 1 is 1.27 bits per heavy atom. The summed E-state index contributed by atoms with van der Waals surface area (Å²) in [5.41, 5.74) is 0.138. The molecular formula is C16H22N4O4S2. The van der Waals surface area contributed by atoms with Gasteiger partial charge in [-0.1, -0.05) is 44.2 Å². The van der Waals surface area contributed by atoms with Crippen molar-refractivity contribution in [1.29, 1.82) is 0 Å². The second-order valence-corrected chi connectivity index (χ2v) is 9.40. The first-order chi connectivity index (χ1) is 12.1. The Morgan fingerprint density at radius 2 is 2.00 bits per heavy atom. The smallest absolute Gasteiger partial charge is 0.270 e. The Labute approximate surface area is 157 Å². The Balaban J connectivity index is 2.04. The van der Waals surface area contributed by atoms with Crippen LogP contribution in [0.1, 0.15) is 33.3 Å². The van der Waals surface area contributed by atoms with Crippen molar-refractivity contribution in [3.63, 3.8) is 0 Å². The number of benzene rings is 1. The van der Waals surface area contributed by atoms with E-state index < -0.39 is 15.4 Å². The van der Waals surface area contributed by atoms with E-state index in [9.17, 15) is 13.2 Å². The summed E-state index contributed by atoms with van der Waals surface area (Å²) in [5, 5.41) is 10.1. The molecule has 26 heavy (non-hydrogen) atoms. The molecular weight excluding hydrogens is 376 g/mol. The van der Waals surface area contributed by atoms with Crippen molar-refractivity contribution in [3.05, 3.63) is 29.8 Å². The zero-order chi connectivity index (χ0) is 19.4. The lowest BCUT2D eigenvalue weighted by Crippen LogP contribution is -2.27. The molecule has 1 amide bonds. The van der Waals surface area contributed by atoms with E-state index in [0.29, 0.717) is 12.4 Å². The average Bonchev–Trinajstić information content (AvgIpc) is 3.02. The van der Waals surface area contributed by atoms with Crippen molar-refractivity contribution in [2.45, 2.75) is 38.6 Å². The third-order valence-electron chi connectivity index (χ3n) is 3.21. The molecule has 0 fully saturated rings. The number of amides is 1. The maximum absolute atomic E-state index is 12.4. The van der Waals surface area contributed by atoms with E-state index in [1.165, 1.54) is 0 Å². The molecule has 0 saturated heterocycles. The minimum atomic E-state index is -3.83. The number of hydrogen-bond acceptors (Lipinski definition) is 7. The SMILES string of the molecule is CCOc1cccc(CNS(=O)(=O)c2nnc(NC(=O)C(C)(C)C)s2)c1. The van der Waals surface area contributed by atoms with Crippen LogP contribution in [0.5, 0.6) is 5.75 Å². The van der Waals surface area contributed by atoms with Crippen LogP contribution in [0.4, 0.5) is 5.13 Å². The minimum Gasteiger partial charge on any atom is -0.494 e. The standard InChI is InChI=1S/C16H22N4O4S2/c1-5-24-12-8-6-7-11(9-12)10-17-26(22,23)15-20-19-14(25-15)18-13(21)16(2,3)4/h6-9,17H,5,10H2,1-4H3,(H,18,19,21). The number of nitrogens with zero attached hydrogens (tertiary/aromatic N) is 2. The van der Waals surface area contributed by atoms with Gasteiger partial charge >= 0.3 is 0 Å². The van der Waals surface area contributed by atoms with Crippen LogP contribution in [-0.2, 0) is 21.4 Å². The lowest BCUT2D eigenvalue weighted by molar-refractivity contribution is -0.123. The van der Waals surface area contributed by atoms with Crippen LogP contribution >= 0.6 is 11.3 Å². The third-order valence-corrected chi connectivity index (χ3v) is 5.82. The highest BCUT2D eigenvalue weighted by Crippen LogP contribution is 2.23. The molecule has 142 valence electrons. The second-order valence-electron chi connectivity index (χ2n) is 6.48. The van der Waals surface area contributed by atoms with Gasteiger partial charge in [-0.05, 0) is 24.6 Å². The van der Waals surface area contributed by atoms with Crippen LogP contribution in [0, 0.1) is 5.41 Å². The summed E-state index contributed by atoms with van der Waals surface area (Å²) in [5.74, 6) is 0.408. The van der Waals surface area contributed by atoms with Gasteiger partial charge in [0.1, 0.15) is 5.75 Å². The Hall–Kier alpha value is -2.04. The zero-order valence-electron chi connectivity index (χ0n) is 15.1.